The first-order valence-corrected chi connectivity index (χ1v) is 6.47. The minimum atomic E-state index is 0.274. The zero-order valence-corrected chi connectivity index (χ0v) is 9.91. The zero-order valence-electron chi connectivity index (χ0n) is 9.09. The van der Waals surface area contributed by atoms with E-state index in [1.807, 2.05) is 11.6 Å². The smallest absolute Gasteiger partial charge is 0.109 e. The minimum absolute atomic E-state index is 0.274. The molecule has 0 bridgehead atoms. The fraction of sp³-hybridized carbons (Fsp3) is 0.727. The van der Waals surface area contributed by atoms with Gasteiger partial charge in [-0.2, -0.15) is 0 Å². The van der Waals surface area contributed by atoms with Crippen LogP contribution in [0.1, 0.15) is 37.2 Å². The molecule has 0 radical (unpaired) electrons. The van der Waals surface area contributed by atoms with Gasteiger partial charge in [0.25, 0.3) is 0 Å². The van der Waals surface area contributed by atoms with E-state index in [4.69, 9.17) is 0 Å². The molecule has 1 saturated heterocycles. The Labute approximate surface area is 94.8 Å². The Morgan fingerprint density at radius 3 is 3.20 bits per heavy atom. The van der Waals surface area contributed by atoms with Gasteiger partial charge >= 0.3 is 0 Å². The third-order valence-electron chi connectivity index (χ3n) is 3.19. The lowest BCUT2D eigenvalue weighted by atomic mass is 10.0. The highest BCUT2D eigenvalue weighted by atomic mass is 32.1. The van der Waals surface area contributed by atoms with Gasteiger partial charge in [-0.25, -0.2) is 4.98 Å². The maximum atomic E-state index is 9.35. The number of aliphatic hydroxyl groups excluding tert-OH is 1. The predicted molar refractivity (Wildman–Crippen MR) is 62.0 cm³/mol. The second-order valence-electron chi connectivity index (χ2n) is 4.12. The number of likely N-dealkylation sites (tertiary alicyclic amines) is 1. The first-order valence-electron chi connectivity index (χ1n) is 5.59. The monoisotopic (exact) mass is 226 g/mol. The molecule has 2 heterocycles. The molecule has 1 aromatic rings. The van der Waals surface area contributed by atoms with E-state index in [0.717, 1.165) is 18.0 Å². The van der Waals surface area contributed by atoms with Gasteiger partial charge < -0.3 is 5.11 Å². The number of rotatable bonds is 3. The molecule has 2 rings (SSSR count). The van der Waals surface area contributed by atoms with E-state index < -0.39 is 0 Å². The maximum Gasteiger partial charge on any atom is 0.109 e. The van der Waals surface area contributed by atoms with Crippen molar-refractivity contribution in [3.05, 3.63) is 16.6 Å². The van der Waals surface area contributed by atoms with Crippen LogP contribution in [0.3, 0.4) is 0 Å². The number of nitrogens with zero attached hydrogens (tertiary/aromatic N) is 2. The van der Waals surface area contributed by atoms with Crippen molar-refractivity contribution in [2.24, 2.45) is 0 Å². The van der Waals surface area contributed by atoms with Crippen LogP contribution in [0.5, 0.6) is 0 Å². The fourth-order valence-corrected chi connectivity index (χ4v) is 3.03. The van der Waals surface area contributed by atoms with Gasteiger partial charge in [0, 0.05) is 17.6 Å². The molecule has 1 aliphatic rings. The lowest BCUT2D eigenvalue weighted by Crippen LogP contribution is -2.43. The normalized spacial score (nSPS) is 25.3. The maximum absolute atomic E-state index is 9.35. The minimum Gasteiger partial charge on any atom is -0.395 e. The van der Waals surface area contributed by atoms with Crippen LogP contribution in [0.15, 0.2) is 11.6 Å². The summed E-state index contributed by atoms with van der Waals surface area (Å²) in [6.45, 7) is 3.55. The van der Waals surface area contributed by atoms with E-state index >= 15 is 0 Å². The summed E-state index contributed by atoms with van der Waals surface area (Å²) in [6.07, 6.45) is 5.46. The Balaban J connectivity index is 2.07. The Morgan fingerprint density at radius 2 is 2.53 bits per heavy atom. The van der Waals surface area contributed by atoms with Crippen molar-refractivity contribution in [1.29, 1.82) is 0 Å². The molecule has 0 amide bonds. The number of aromatic nitrogens is 1. The molecule has 2 atom stereocenters. The highest BCUT2D eigenvalue weighted by Crippen LogP contribution is 2.28. The average Bonchev–Trinajstić information content (AvgIpc) is 2.81. The molecule has 1 aliphatic heterocycles. The number of hydrogen-bond acceptors (Lipinski definition) is 4. The first-order chi connectivity index (χ1) is 7.33. The highest BCUT2D eigenvalue weighted by molar-refractivity contribution is 7.09. The Kier molecular flexibility index (Phi) is 3.72. The van der Waals surface area contributed by atoms with Gasteiger partial charge in [-0.15, -0.1) is 11.3 Å². The van der Waals surface area contributed by atoms with Crippen molar-refractivity contribution in [2.45, 2.75) is 38.3 Å². The lowest BCUT2D eigenvalue weighted by molar-refractivity contribution is 0.0587. The quantitative estimate of drug-likeness (QED) is 0.857. The molecule has 1 fully saturated rings. The Morgan fingerprint density at radius 1 is 1.67 bits per heavy atom. The number of aliphatic hydroxyl groups is 1. The summed E-state index contributed by atoms with van der Waals surface area (Å²) in [5, 5.41) is 12.5. The molecule has 4 heteroatoms. The van der Waals surface area contributed by atoms with Gasteiger partial charge in [-0.1, -0.05) is 6.42 Å². The van der Waals surface area contributed by atoms with E-state index in [-0.39, 0.29) is 6.61 Å². The van der Waals surface area contributed by atoms with E-state index in [9.17, 15) is 5.11 Å². The van der Waals surface area contributed by atoms with Gasteiger partial charge in [0.05, 0.1) is 12.6 Å². The van der Waals surface area contributed by atoms with Crippen LogP contribution >= 0.6 is 11.3 Å². The van der Waals surface area contributed by atoms with Gasteiger partial charge in [-0.3, -0.25) is 4.90 Å². The molecule has 0 saturated carbocycles. The highest BCUT2D eigenvalue weighted by Gasteiger charge is 2.27. The van der Waals surface area contributed by atoms with Crippen LogP contribution in [-0.4, -0.2) is 34.2 Å². The van der Waals surface area contributed by atoms with E-state index in [1.54, 1.807) is 11.3 Å². The third kappa shape index (κ3) is 2.38. The van der Waals surface area contributed by atoms with Crippen molar-refractivity contribution in [2.75, 3.05) is 13.2 Å². The summed E-state index contributed by atoms with van der Waals surface area (Å²) in [7, 11) is 0. The average molecular weight is 226 g/mol. The van der Waals surface area contributed by atoms with E-state index in [2.05, 4.69) is 16.8 Å². The van der Waals surface area contributed by atoms with Crippen molar-refractivity contribution in [3.63, 3.8) is 0 Å². The van der Waals surface area contributed by atoms with Crippen LogP contribution < -0.4 is 0 Å². The van der Waals surface area contributed by atoms with Crippen LogP contribution in [0.4, 0.5) is 0 Å². The first kappa shape index (κ1) is 11.0. The fourth-order valence-electron chi connectivity index (χ4n) is 2.31. The van der Waals surface area contributed by atoms with Crippen molar-refractivity contribution < 1.29 is 5.11 Å². The summed E-state index contributed by atoms with van der Waals surface area (Å²) in [5.74, 6) is 0. The van der Waals surface area contributed by atoms with Gasteiger partial charge in [0.1, 0.15) is 5.01 Å². The number of hydrogen-bond donors (Lipinski definition) is 1. The third-order valence-corrected chi connectivity index (χ3v) is 4.14. The summed E-state index contributed by atoms with van der Waals surface area (Å²) >= 11 is 1.70. The van der Waals surface area contributed by atoms with Gasteiger partial charge in [-0.05, 0) is 26.3 Å². The summed E-state index contributed by atoms with van der Waals surface area (Å²) in [5.41, 5.74) is 0. The Hall–Kier alpha value is -0.450. The number of thiazole rings is 1. The largest absolute Gasteiger partial charge is 0.395 e. The number of piperidine rings is 1. The standard InChI is InChI=1S/C11H18N2OS/c1-9(11-12-5-7-15-11)13-6-3-2-4-10(13)8-14/h5,7,9-10,14H,2-4,6,8H2,1H3/t9-,10+/m1/s1. The Bertz CT molecular complexity index is 289. The molecule has 1 N–H and O–H groups in total. The van der Waals surface area contributed by atoms with Crippen molar-refractivity contribution in [1.82, 2.24) is 9.88 Å². The molecule has 0 unspecified atom stereocenters. The molecule has 0 aromatic carbocycles. The van der Waals surface area contributed by atoms with E-state index in [0.29, 0.717) is 12.1 Å². The molecule has 1 aromatic heterocycles. The van der Waals surface area contributed by atoms with Crippen LogP contribution in [-0.2, 0) is 0 Å². The molecular weight excluding hydrogens is 208 g/mol. The molecule has 84 valence electrons. The lowest BCUT2D eigenvalue weighted by Gasteiger charge is -2.38. The molecule has 0 aliphatic carbocycles. The predicted octanol–water partition coefficient (Wildman–Crippen LogP) is 2.05. The summed E-state index contributed by atoms with van der Waals surface area (Å²) in [4.78, 5) is 6.75. The van der Waals surface area contributed by atoms with Gasteiger partial charge in [0.15, 0.2) is 0 Å². The molecule has 0 spiro atoms. The van der Waals surface area contributed by atoms with Gasteiger partial charge in [0.2, 0.25) is 0 Å². The second kappa shape index (κ2) is 5.05. The molecule has 15 heavy (non-hydrogen) atoms. The topological polar surface area (TPSA) is 36.4 Å². The van der Waals surface area contributed by atoms with Crippen LogP contribution in [0, 0.1) is 0 Å². The van der Waals surface area contributed by atoms with Crippen molar-refractivity contribution >= 4 is 11.3 Å². The van der Waals surface area contributed by atoms with Crippen LogP contribution in [0.25, 0.3) is 0 Å². The summed E-state index contributed by atoms with van der Waals surface area (Å²) in [6, 6.07) is 0.681. The molecular formula is C11H18N2OS. The van der Waals surface area contributed by atoms with Crippen LogP contribution in [0.2, 0.25) is 0 Å². The molecule has 3 nitrogen and oxygen atoms in total. The van der Waals surface area contributed by atoms with E-state index in [1.165, 1.54) is 12.8 Å². The van der Waals surface area contributed by atoms with Crippen molar-refractivity contribution in [3.8, 4) is 0 Å². The second-order valence-corrected chi connectivity index (χ2v) is 5.04. The SMILES string of the molecule is C[C@H](c1nccs1)N1CCCC[C@H]1CO. The zero-order chi connectivity index (χ0) is 10.7. The summed E-state index contributed by atoms with van der Waals surface area (Å²) < 4.78 is 0.